The molecule has 7 heteroatoms. The standard InChI is InChI=1S/C14H15FN4O2/c15-10-6-2-3-7-11(10)19-16-12(14(20)21)13(17-19)18-8-4-1-5-9-18/h2-3,6-7H,1,4-5,8-9H2,(H,20,21). The number of anilines is 1. The zero-order valence-corrected chi connectivity index (χ0v) is 11.4. The van der Waals surface area contributed by atoms with E-state index in [1.807, 2.05) is 4.90 Å². The topological polar surface area (TPSA) is 71.2 Å². The van der Waals surface area contributed by atoms with E-state index in [0.29, 0.717) is 5.82 Å². The van der Waals surface area contributed by atoms with Crippen LogP contribution in [0.15, 0.2) is 24.3 Å². The summed E-state index contributed by atoms with van der Waals surface area (Å²) in [7, 11) is 0. The molecule has 0 unspecified atom stereocenters. The number of rotatable bonds is 3. The minimum Gasteiger partial charge on any atom is -0.476 e. The van der Waals surface area contributed by atoms with Crippen molar-refractivity contribution in [3.8, 4) is 5.69 Å². The Balaban J connectivity index is 2.04. The van der Waals surface area contributed by atoms with Gasteiger partial charge in [0.05, 0.1) is 0 Å². The number of carboxylic acid groups (broad SMARTS) is 1. The molecule has 21 heavy (non-hydrogen) atoms. The molecule has 0 atom stereocenters. The monoisotopic (exact) mass is 290 g/mol. The summed E-state index contributed by atoms with van der Waals surface area (Å²) in [6.45, 7) is 1.49. The van der Waals surface area contributed by atoms with Gasteiger partial charge in [-0.25, -0.2) is 9.18 Å². The van der Waals surface area contributed by atoms with Crippen molar-refractivity contribution in [2.75, 3.05) is 18.0 Å². The Labute approximate surface area is 120 Å². The molecule has 1 N–H and O–H groups in total. The van der Waals surface area contributed by atoms with Gasteiger partial charge in [0.25, 0.3) is 0 Å². The lowest BCUT2D eigenvalue weighted by Gasteiger charge is -2.26. The second-order valence-corrected chi connectivity index (χ2v) is 4.97. The van der Waals surface area contributed by atoms with Crippen molar-refractivity contribution in [3.05, 3.63) is 35.8 Å². The SMILES string of the molecule is O=C(O)c1nn(-c2ccccc2F)nc1N1CCCCC1. The first-order valence-electron chi connectivity index (χ1n) is 6.87. The summed E-state index contributed by atoms with van der Waals surface area (Å²) in [5.41, 5.74) is 0.00316. The average Bonchev–Trinajstić information content (AvgIpc) is 2.94. The lowest BCUT2D eigenvalue weighted by molar-refractivity contribution is 0.0690. The number of aromatic nitrogens is 3. The zero-order chi connectivity index (χ0) is 14.8. The number of benzene rings is 1. The Bertz CT molecular complexity index is 665. The summed E-state index contributed by atoms with van der Waals surface area (Å²) in [6, 6.07) is 6.02. The maximum Gasteiger partial charge on any atom is 0.360 e. The van der Waals surface area contributed by atoms with E-state index in [-0.39, 0.29) is 11.4 Å². The van der Waals surface area contributed by atoms with E-state index >= 15 is 0 Å². The molecular weight excluding hydrogens is 275 g/mol. The molecule has 0 saturated carbocycles. The van der Waals surface area contributed by atoms with Gasteiger partial charge in [-0.1, -0.05) is 12.1 Å². The van der Waals surface area contributed by atoms with Crippen molar-refractivity contribution in [2.24, 2.45) is 0 Å². The molecule has 0 amide bonds. The number of para-hydroxylation sites is 1. The van der Waals surface area contributed by atoms with Crippen molar-refractivity contribution in [3.63, 3.8) is 0 Å². The summed E-state index contributed by atoms with van der Waals surface area (Å²) in [4.78, 5) is 14.3. The third-order valence-corrected chi connectivity index (χ3v) is 3.52. The summed E-state index contributed by atoms with van der Waals surface area (Å²) < 4.78 is 13.8. The Morgan fingerprint density at radius 3 is 2.52 bits per heavy atom. The van der Waals surface area contributed by atoms with E-state index in [4.69, 9.17) is 0 Å². The molecule has 1 aliphatic heterocycles. The first kappa shape index (κ1) is 13.5. The van der Waals surface area contributed by atoms with Gasteiger partial charge in [-0.15, -0.1) is 15.0 Å². The molecule has 1 aliphatic rings. The van der Waals surface area contributed by atoms with Crippen LogP contribution in [0, 0.1) is 5.82 Å². The van der Waals surface area contributed by atoms with Gasteiger partial charge in [0.15, 0.2) is 11.6 Å². The molecule has 1 saturated heterocycles. The number of nitrogens with zero attached hydrogens (tertiary/aromatic N) is 4. The van der Waals surface area contributed by atoms with Crippen molar-refractivity contribution in [2.45, 2.75) is 19.3 Å². The number of hydrogen-bond acceptors (Lipinski definition) is 4. The van der Waals surface area contributed by atoms with Gasteiger partial charge in [0, 0.05) is 13.1 Å². The lowest BCUT2D eigenvalue weighted by Crippen LogP contribution is -2.31. The quantitative estimate of drug-likeness (QED) is 0.937. The van der Waals surface area contributed by atoms with Crippen LogP contribution in [0.2, 0.25) is 0 Å². The van der Waals surface area contributed by atoms with Crippen molar-refractivity contribution >= 4 is 11.8 Å². The predicted octanol–water partition coefficient (Wildman–Crippen LogP) is 2.09. The number of halogens is 1. The van der Waals surface area contributed by atoms with Gasteiger partial charge in [0.1, 0.15) is 5.69 Å². The molecule has 1 aromatic carbocycles. The highest BCUT2D eigenvalue weighted by molar-refractivity contribution is 5.91. The Morgan fingerprint density at radius 1 is 1.14 bits per heavy atom. The Kier molecular flexibility index (Phi) is 3.55. The highest BCUT2D eigenvalue weighted by Crippen LogP contribution is 2.22. The molecule has 3 rings (SSSR count). The molecule has 6 nitrogen and oxygen atoms in total. The third kappa shape index (κ3) is 2.58. The minimum atomic E-state index is -1.15. The molecule has 110 valence electrons. The molecule has 1 fully saturated rings. The van der Waals surface area contributed by atoms with Gasteiger partial charge in [-0.2, -0.15) is 0 Å². The number of carbonyl (C=O) groups is 1. The number of piperidine rings is 1. The van der Waals surface area contributed by atoms with E-state index in [0.717, 1.165) is 37.1 Å². The van der Waals surface area contributed by atoms with Gasteiger partial charge < -0.3 is 10.0 Å². The van der Waals surface area contributed by atoms with Crippen LogP contribution in [-0.2, 0) is 0 Å². The van der Waals surface area contributed by atoms with Crippen LogP contribution in [0.5, 0.6) is 0 Å². The zero-order valence-electron chi connectivity index (χ0n) is 11.4. The fourth-order valence-corrected chi connectivity index (χ4v) is 2.48. The van der Waals surface area contributed by atoms with E-state index in [2.05, 4.69) is 10.2 Å². The number of hydrogen-bond donors (Lipinski definition) is 1. The summed E-state index contributed by atoms with van der Waals surface area (Å²) in [6.07, 6.45) is 3.11. The fraction of sp³-hybridized carbons (Fsp3) is 0.357. The second kappa shape index (κ2) is 5.51. The minimum absolute atomic E-state index is 0.139. The molecule has 1 aromatic heterocycles. The van der Waals surface area contributed by atoms with Crippen LogP contribution in [0.4, 0.5) is 10.2 Å². The molecule has 0 spiro atoms. The summed E-state index contributed by atoms with van der Waals surface area (Å²) >= 11 is 0. The van der Waals surface area contributed by atoms with Gasteiger partial charge in [-0.3, -0.25) is 0 Å². The van der Waals surface area contributed by atoms with Crippen LogP contribution in [0.1, 0.15) is 29.8 Å². The first-order chi connectivity index (χ1) is 10.2. The van der Waals surface area contributed by atoms with Crippen molar-refractivity contribution < 1.29 is 14.3 Å². The van der Waals surface area contributed by atoms with E-state index < -0.39 is 11.8 Å². The lowest BCUT2D eigenvalue weighted by atomic mass is 10.1. The van der Waals surface area contributed by atoms with Crippen molar-refractivity contribution in [1.29, 1.82) is 0 Å². The van der Waals surface area contributed by atoms with E-state index in [1.165, 1.54) is 12.1 Å². The second-order valence-electron chi connectivity index (χ2n) is 4.97. The molecule has 0 aliphatic carbocycles. The van der Waals surface area contributed by atoms with Crippen LogP contribution in [0.3, 0.4) is 0 Å². The van der Waals surface area contributed by atoms with Crippen LogP contribution in [-0.4, -0.2) is 39.2 Å². The predicted molar refractivity (Wildman–Crippen MR) is 74.3 cm³/mol. The highest BCUT2D eigenvalue weighted by Gasteiger charge is 2.25. The van der Waals surface area contributed by atoms with Gasteiger partial charge in [0.2, 0.25) is 5.69 Å². The maximum absolute atomic E-state index is 13.8. The Hall–Kier alpha value is -2.44. The van der Waals surface area contributed by atoms with E-state index in [9.17, 15) is 14.3 Å². The summed E-state index contributed by atoms with van der Waals surface area (Å²) in [5, 5.41) is 17.4. The third-order valence-electron chi connectivity index (χ3n) is 3.52. The number of aromatic carboxylic acids is 1. The summed E-state index contributed by atoms with van der Waals surface area (Å²) in [5.74, 6) is -1.33. The normalized spacial score (nSPS) is 15.2. The fourth-order valence-electron chi connectivity index (χ4n) is 2.48. The molecule has 2 heterocycles. The average molecular weight is 290 g/mol. The molecule has 0 radical (unpaired) electrons. The largest absolute Gasteiger partial charge is 0.476 e. The smallest absolute Gasteiger partial charge is 0.360 e. The number of carboxylic acids is 1. The van der Waals surface area contributed by atoms with Crippen LogP contribution < -0.4 is 4.90 Å². The van der Waals surface area contributed by atoms with Crippen LogP contribution in [0.25, 0.3) is 5.69 Å². The molecule has 2 aromatic rings. The highest BCUT2D eigenvalue weighted by atomic mass is 19.1. The first-order valence-corrected chi connectivity index (χ1v) is 6.87. The van der Waals surface area contributed by atoms with Gasteiger partial charge in [-0.05, 0) is 31.4 Å². The van der Waals surface area contributed by atoms with Crippen LogP contribution >= 0.6 is 0 Å². The molecular formula is C14H15FN4O2. The maximum atomic E-state index is 13.8. The van der Waals surface area contributed by atoms with Gasteiger partial charge >= 0.3 is 5.97 Å². The van der Waals surface area contributed by atoms with Crippen molar-refractivity contribution in [1.82, 2.24) is 15.0 Å². The molecule has 0 bridgehead atoms. The van der Waals surface area contributed by atoms with E-state index in [1.54, 1.807) is 12.1 Å². The Morgan fingerprint density at radius 2 is 1.86 bits per heavy atom.